The number of imide groups is 1. The number of allylic oxidation sites excluding steroid dienone is 2. The summed E-state index contributed by atoms with van der Waals surface area (Å²) in [5.41, 5.74) is 2.20. The van der Waals surface area contributed by atoms with Crippen LogP contribution >= 0.6 is 0 Å². The van der Waals surface area contributed by atoms with E-state index in [9.17, 15) is 14.4 Å². The van der Waals surface area contributed by atoms with Gasteiger partial charge < -0.3 is 0 Å². The summed E-state index contributed by atoms with van der Waals surface area (Å²) < 4.78 is 0. The second-order valence-electron chi connectivity index (χ2n) is 10.9. The Morgan fingerprint density at radius 2 is 1.05 bits per heavy atom. The summed E-state index contributed by atoms with van der Waals surface area (Å²) in [5.74, 6) is -1.94. The number of benzene rings is 4. The number of nitrogens with zero attached hydrogens (tertiary/aromatic N) is 1. The van der Waals surface area contributed by atoms with Crippen LogP contribution in [0.2, 0.25) is 0 Å². The van der Waals surface area contributed by atoms with Gasteiger partial charge in [0, 0.05) is 5.39 Å². The number of hydrogen-bond acceptors (Lipinski definition) is 3. The highest BCUT2D eigenvalue weighted by Crippen LogP contribution is 2.75. The molecule has 1 saturated heterocycles. The van der Waals surface area contributed by atoms with Crippen molar-refractivity contribution in [2.24, 2.45) is 22.7 Å². The highest BCUT2D eigenvalue weighted by Gasteiger charge is 2.80. The van der Waals surface area contributed by atoms with Gasteiger partial charge in [-0.2, -0.15) is 0 Å². The molecular weight excluding hydrogens is 482 g/mol. The average molecular weight is 512 g/mol. The highest BCUT2D eigenvalue weighted by molar-refractivity contribution is 6.35. The molecule has 4 unspecified atom stereocenters. The van der Waals surface area contributed by atoms with E-state index in [2.05, 4.69) is 0 Å². The molecular formula is C35H29NO3. The summed E-state index contributed by atoms with van der Waals surface area (Å²) in [6.45, 7) is 3.99. The first-order valence-corrected chi connectivity index (χ1v) is 13.8. The molecule has 4 aromatic carbocycles. The summed E-state index contributed by atoms with van der Waals surface area (Å²) in [7, 11) is 0. The van der Waals surface area contributed by atoms with Gasteiger partial charge in [0.25, 0.3) is 0 Å². The van der Waals surface area contributed by atoms with Gasteiger partial charge in [-0.05, 0) is 46.6 Å². The molecule has 0 N–H and O–H groups in total. The van der Waals surface area contributed by atoms with Gasteiger partial charge in [-0.25, -0.2) is 4.90 Å². The Morgan fingerprint density at radius 1 is 0.590 bits per heavy atom. The first-order chi connectivity index (χ1) is 19.0. The lowest BCUT2D eigenvalue weighted by atomic mass is 9.60. The average Bonchev–Trinajstić information content (AvgIpc) is 3.48. The Kier molecular flexibility index (Phi) is 5.09. The molecule has 0 spiro atoms. The maximum absolute atomic E-state index is 14.8. The lowest BCUT2D eigenvalue weighted by Gasteiger charge is -2.38. The van der Waals surface area contributed by atoms with Crippen molar-refractivity contribution < 1.29 is 14.4 Å². The predicted octanol–water partition coefficient (Wildman–Crippen LogP) is 6.95. The van der Waals surface area contributed by atoms with Crippen molar-refractivity contribution in [3.05, 3.63) is 114 Å². The molecule has 3 aliphatic rings. The molecule has 39 heavy (non-hydrogen) atoms. The number of amides is 2. The van der Waals surface area contributed by atoms with Crippen molar-refractivity contribution in [2.75, 3.05) is 4.90 Å². The molecule has 4 atom stereocenters. The van der Waals surface area contributed by atoms with E-state index in [1.54, 1.807) is 0 Å². The van der Waals surface area contributed by atoms with Gasteiger partial charge in [0.05, 0.1) is 28.4 Å². The van der Waals surface area contributed by atoms with E-state index in [0.29, 0.717) is 18.5 Å². The van der Waals surface area contributed by atoms with E-state index in [-0.39, 0.29) is 17.6 Å². The fourth-order valence-corrected chi connectivity index (χ4v) is 8.10. The van der Waals surface area contributed by atoms with Crippen LogP contribution in [0.4, 0.5) is 5.69 Å². The number of carbonyl (C=O) groups excluding carboxylic acids is 3. The molecule has 4 aromatic rings. The monoisotopic (exact) mass is 511 g/mol. The van der Waals surface area contributed by atoms with E-state index < -0.39 is 22.7 Å². The molecule has 192 valence electrons. The van der Waals surface area contributed by atoms with Crippen molar-refractivity contribution in [2.45, 2.75) is 26.7 Å². The number of hydrogen-bond donors (Lipinski definition) is 0. The third-order valence-corrected chi connectivity index (χ3v) is 9.57. The van der Waals surface area contributed by atoms with E-state index in [0.717, 1.165) is 33.0 Å². The molecule has 2 bridgehead atoms. The molecule has 2 fully saturated rings. The number of anilines is 1. The maximum Gasteiger partial charge on any atom is 0.239 e. The predicted molar refractivity (Wildman–Crippen MR) is 154 cm³/mol. The Bertz CT molecular complexity index is 1620. The first kappa shape index (κ1) is 23.8. The first-order valence-electron chi connectivity index (χ1n) is 13.8. The van der Waals surface area contributed by atoms with Crippen molar-refractivity contribution in [3.8, 4) is 0 Å². The molecule has 0 radical (unpaired) electrons. The van der Waals surface area contributed by atoms with Crippen molar-refractivity contribution in [1.29, 1.82) is 0 Å². The Morgan fingerprint density at radius 3 is 1.56 bits per heavy atom. The van der Waals surface area contributed by atoms with Crippen LogP contribution in [0.25, 0.3) is 21.9 Å². The summed E-state index contributed by atoms with van der Waals surface area (Å²) in [6.07, 6.45) is 0.912. The molecule has 1 heterocycles. The van der Waals surface area contributed by atoms with Gasteiger partial charge in [0.15, 0.2) is 5.78 Å². The van der Waals surface area contributed by atoms with E-state index in [1.807, 2.05) is 117 Å². The number of carbonyl (C=O) groups is 3. The van der Waals surface area contributed by atoms with Gasteiger partial charge in [0.1, 0.15) is 0 Å². The van der Waals surface area contributed by atoms with Crippen LogP contribution in [0.3, 0.4) is 0 Å². The number of Topliss-reactive ketones (excluding diaryl/α,β-unsaturated/α-hetero) is 1. The molecule has 2 aliphatic carbocycles. The standard InChI is InChI=1S/C35H29NO3/c1-3-34-27(23-15-7-5-8-16-23)28(24-17-9-6-10-18-24)35(4-2,33(34)39)30-29(34)31(37)36(32(30)38)26-21-13-19-22-14-11-12-20-25(22)26/h5-21,29-30H,3-4H2,1-2H3. The molecule has 1 saturated carbocycles. The quantitative estimate of drug-likeness (QED) is 0.273. The number of fused-ring (bicyclic) bond motifs is 6. The minimum absolute atomic E-state index is 0.0342. The third kappa shape index (κ3) is 2.76. The molecule has 7 rings (SSSR count). The van der Waals surface area contributed by atoms with Gasteiger partial charge in [-0.3, -0.25) is 14.4 Å². The number of rotatable bonds is 5. The molecule has 4 nitrogen and oxygen atoms in total. The zero-order valence-electron chi connectivity index (χ0n) is 22.1. The summed E-state index contributed by atoms with van der Waals surface area (Å²) in [4.78, 5) is 45.3. The van der Waals surface area contributed by atoms with Gasteiger partial charge >= 0.3 is 0 Å². The molecule has 1 aliphatic heterocycles. The topological polar surface area (TPSA) is 54.5 Å². The Hall–Kier alpha value is -4.31. The molecule has 0 aromatic heterocycles. The zero-order valence-corrected chi connectivity index (χ0v) is 22.1. The van der Waals surface area contributed by atoms with Crippen LogP contribution < -0.4 is 4.90 Å². The van der Waals surface area contributed by atoms with Crippen LogP contribution in [0.15, 0.2) is 103 Å². The molecule has 2 amide bonds. The highest BCUT2D eigenvalue weighted by atomic mass is 16.2. The fourth-order valence-electron chi connectivity index (χ4n) is 8.10. The Labute approximate surface area is 228 Å². The van der Waals surface area contributed by atoms with Gasteiger partial charge in [-0.15, -0.1) is 0 Å². The second-order valence-corrected chi connectivity index (χ2v) is 10.9. The van der Waals surface area contributed by atoms with Crippen molar-refractivity contribution in [1.82, 2.24) is 0 Å². The lowest BCUT2D eigenvalue weighted by Crippen LogP contribution is -2.41. The number of ketones is 1. The van der Waals surface area contributed by atoms with Gasteiger partial charge in [0.2, 0.25) is 11.8 Å². The van der Waals surface area contributed by atoms with Crippen molar-refractivity contribution >= 4 is 45.2 Å². The van der Waals surface area contributed by atoms with Crippen molar-refractivity contribution in [3.63, 3.8) is 0 Å². The summed E-state index contributed by atoms with van der Waals surface area (Å²) in [5, 5.41) is 1.83. The van der Waals surface area contributed by atoms with Crippen LogP contribution in [0.5, 0.6) is 0 Å². The van der Waals surface area contributed by atoms with Gasteiger partial charge in [-0.1, -0.05) is 111 Å². The molecule has 4 heteroatoms. The van der Waals surface area contributed by atoms with E-state index >= 15 is 0 Å². The van der Waals surface area contributed by atoms with Crippen LogP contribution in [0.1, 0.15) is 37.8 Å². The smallest absolute Gasteiger partial charge is 0.239 e. The summed E-state index contributed by atoms with van der Waals surface area (Å²) >= 11 is 0. The minimum atomic E-state index is -1.07. The second kappa shape index (κ2) is 8.34. The van der Waals surface area contributed by atoms with Crippen LogP contribution in [0, 0.1) is 22.7 Å². The van der Waals surface area contributed by atoms with Crippen LogP contribution in [-0.2, 0) is 14.4 Å². The van der Waals surface area contributed by atoms with E-state index in [1.165, 1.54) is 4.90 Å². The Balaban J connectivity index is 1.53. The lowest BCUT2D eigenvalue weighted by molar-refractivity contribution is -0.134. The maximum atomic E-state index is 14.8. The van der Waals surface area contributed by atoms with Crippen LogP contribution in [-0.4, -0.2) is 17.6 Å². The minimum Gasteiger partial charge on any atom is -0.298 e. The van der Waals surface area contributed by atoms with E-state index in [4.69, 9.17) is 0 Å². The summed E-state index contributed by atoms with van der Waals surface area (Å²) in [6, 6.07) is 33.5. The SMILES string of the molecule is CCC12C(=O)C(CC)(C(c3ccccc3)=C1c1ccccc1)C1C(=O)N(c3cccc4ccccc34)C(=O)C12. The third-order valence-electron chi connectivity index (χ3n) is 9.57. The fraction of sp³-hybridized carbons (Fsp3) is 0.229. The zero-order chi connectivity index (χ0) is 26.9. The normalized spacial score (nSPS) is 27.6. The largest absolute Gasteiger partial charge is 0.298 e.